The summed E-state index contributed by atoms with van der Waals surface area (Å²) in [5.74, 6) is 0.719. The van der Waals surface area contributed by atoms with Crippen LogP contribution in [0.3, 0.4) is 0 Å². The van der Waals surface area contributed by atoms with Crippen LogP contribution in [0.2, 0.25) is 0 Å². The lowest BCUT2D eigenvalue weighted by Gasteiger charge is -2.41. The van der Waals surface area contributed by atoms with Crippen molar-refractivity contribution < 1.29 is 19.4 Å². The van der Waals surface area contributed by atoms with E-state index < -0.39 is 6.29 Å². The van der Waals surface area contributed by atoms with Crippen LogP contribution in [0.4, 0.5) is 0 Å². The Labute approximate surface area is 288 Å². The number of ether oxygens (including phenoxy) is 2. The largest absolute Gasteiger partial charge is 0.392 e. The maximum absolute atomic E-state index is 12.6. The van der Waals surface area contributed by atoms with Crippen LogP contribution < -0.4 is 5.32 Å². The van der Waals surface area contributed by atoms with Crippen LogP contribution >= 0.6 is 23.1 Å². The van der Waals surface area contributed by atoms with E-state index in [0.717, 1.165) is 49.0 Å². The minimum absolute atomic E-state index is 0.00190. The van der Waals surface area contributed by atoms with Gasteiger partial charge in [-0.05, 0) is 64.2 Å². The molecule has 4 atom stereocenters. The highest BCUT2D eigenvalue weighted by Gasteiger charge is 2.38. The van der Waals surface area contributed by atoms with Crippen molar-refractivity contribution >= 4 is 39.2 Å². The normalized spacial score (nSPS) is 19.3. The number of para-hydroxylation sites is 1. The molecule has 1 amide bonds. The molecule has 0 bridgehead atoms. The van der Waals surface area contributed by atoms with Gasteiger partial charge in [0.25, 0.3) is 5.91 Å². The minimum atomic E-state index is -0.571. The van der Waals surface area contributed by atoms with Crippen LogP contribution in [-0.2, 0) is 22.6 Å². The summed E-state index contributed by atoms with van der Waals surface area (Å²) in [6.45, 7) is 2.61. The van der Waals surface area contributed by atoms with Crippen LogP contribution in [0.5, 0.6) is 0 Å². The number of amides is 1. The van der Waals surface area contributed by atoms with Gasteiger partial charge in [-0.1, -0.05) is 110 Å². The third kappa shape index (κ3) is 7.38. The van der Waals surface area contributed by atoms with E-state index in [1.165, 1.54) is 4.70 Å². The first-order valence-corrected chi connectivity index (χ1v) is 17.9. The second-order valence-corrected chi connectivity index (χ2v) is 14.3. The van der Waals surface area contributed by atoms with Crippen molar-refractivity contribution in [2.24, 2.45) is 5.92 Å². The minimum Gasteiger partial charge on any atom is -0.392 e. The van der Waals surface area contributed by atoms with Gasteiger partial charge < -0.3 is 19.9 Å². The molecule has 6 nitrogen and oxygen atoms in total. The van der Waals surface area contributed by atoms with Crippen molar-refractivity contribution in [2.75, 3.05) is 5.75 Å². The molecule has 2 heterocycles. The zero-order valence-corrected chi connectivity index (χ0v) is 28.1. The molecule has 1 aliphatic rings. The highest BCUT2D eigenvalue weighted by Crippen LogP contribution is 2.44. The summed E-state index contributed by atoms with van der Waals surface area (Å²) in [5.41, 5.74) is 7.63. The molecule has 0 spiro atoms. The molecular weight excluding hydrogens is 637 g/mol. The number of thiazole rings is 1. The Morgan fingerprint density at radius 2 is 1.56 bits per heavy atom. The number of fused-ring (bicyclic) bond motifs is 1. The molecule has 48 heavy (non-hydrogen) atoms. The van der Waals surface area contributed by atoms with Gasteiger partial charge in [0.15, 0.2) is 10.6 Å². The smallest absolute Gasteiger partial charge is 0.251 e. The van der Waals surface area contributed by atoms with E-state index in [1.54, 1.807) is 23.1 Å². The van der Waals surface area contributed by atoms with E-state index in [-0.39, 0.29) is 30.6 Å². The van der Waals surface area contributed by atoms with Crippen LogP contribution in [0.25, 0.3) is 21.3 Å². The number of nitrogens with zero attached hydrogens (tertiary/aromatic N) is 1. The molecule has 2 N–H and O–H groups in total. The average molecular weight is 673 g/mol. The average Bonchev–Trinajstić information content (AvgIpc) is 3.57. The molecule has 1 fully saturated rings. The molecule has 8 heteroatoms. The number of aliphatic hydroxyl groups is 1. The van der Waals surface area contributed by atoms with Crippen molar-refractivity contribution in [2.45, 2.75) is 42.9 Å². The third-order valence-electron chi connectivity index (χ3n) is 8.68. The Bertz CT molecular complexity index is 1960. The lowest BCUT2D eigenvalue weighted by Crippen LogP contribution is -2.38. The summed E-state index contributed by atoms with van der Waals surface area (Å²) < 4.78 is 15.7. The fourth-order valence-corrected chi connectivity index (χ4v) is 8.23. The van der Waals surface area contributed by atoms with Crippen LogP contribution in [0.15, 0.2) is 132 Å². The molecule has 242 valence electrons. The molecule has 5 aromatic carbocycles. The summed E-state index contributed by atoms with van der Waals surface area (Å²) >= 11 is 3.44. The summed E-state index contributed by atoms with van der Waals surface area (Å²) in [5, 5.41) is 12.6. The first-order chi connectivity index (χ1) is 23.5. The van der Waals surface area contributed by atoms with Gasteiger partial charge in [-0.2, -0.15) is 0 Å². The predicted octanol–water partition coefficient (Wildman–Crippen LogP) is 8.97. The van der Waals surface area contributed by atoms with Crippen molar-refractivity contribution in [3.63, 3.8) is 0 Å². The number of carbonyl (C=O) groups excluding carboxylic acids is 1. The first kappa shape index (κ1) is 32.2. The molecule has 0 radical (unpaired) electrons. The molecule has 7 rings (SSSR count). The number of carbonyl (C=O) groups is 1. The quantitative estimate of drug-likeness (QED) is 0.142. The van der Waals surface area contributed by atoms with Gasteiger partial charge in [0.1, 0.15) is 0 Å². The Morgan fingerprint density at radius 3 is 2.35 bits per heavy atom. The van der Waals surface area contributed by atoms with Gasteiger partial charge in [-0.15, -0.1) is 11.3 Å². The Balaban J connectivity index is 1.11. The number of nitrogens with one attached hydrogen (secondary N) is 1. The van der Waals surface area contributed by atoms with Crippen LogP contribution in [0.1, 0.15) is 51.9 Å². The summed E-state index contributed by atoms with van der Waals surface area (Å²) in [6.07, 6.45) is -0.862. The molecule has 1 saturated heterocycles. The number of hydrogen-bond acceptors (Lipinski definition) is 7. The van der Waals surface area contributed by atoms with Crippen molar-refractivity contribution in [3.05, 3.63) is 155 Å². The van der Waals surface area contributed by atoms with Crippen LogP contribution in [0, 0.1) is 5.92 Å². The van der Waals surface area contributed by atoms with E-state index in [0.29, 0.717) is 12.1 Å². The second-order valence-electron chi connectivity index (χ2n) is 12.0. The Morgan fingerprint density at radius 1 is 0.812 bits per heavy atom. The lowest BCUT2D eigenvalue weighted by molar-refractivity contribution is -0.268. The maximum atomic E-state index is 12.6. The SMILES string of the molecule is C[C@@H]1[C@H](CSc2nc3ccccc3s2)O[C@H](c2cccc(-c3cccc(CNC(=O)c4ccccc4)c3)c2)O[C@@H]1c1ccc(CO)cc1. The molecule has 0 aliphatic carbocycles. The van der Waals surface area contributed by atoms with E-state index in [4.69, 9.17) is 14.5 Å². The molecule has 1 aromatic heterocycles. The van der Waals surface area contributed by atoms with Gasteiger partial charge in [0, 0.05) is 29.3 Å². The van der Waals surface area contributed by atoms with Crippen LogP contribution in [-0.4, -0.2) is 27.9 Å². The number of rotatable bonds is 10. The lowest BCUT2D eigenvalue weighted by atomic mass is 9.91. The monoisotopic (exact) mass is 672 g/mol. The van der Waals surface area contributed by atoms with E-state index in [1.807, 2.05) is 84.9 Å². The van der Waals surface area contributed by atoms with E-state index in [2.05, 4.69) is 54.7 Å². The summed E-state index contributed by atoms with van der Waals surface area (Å²) in [4.78, 5) is 17.5. The fourth-order valence-electron chi connectivity index (χ4n) is 5.98. The fraction of sp³-hybridized carbons (Fsp3) is 0.200. The number of aromatic nitrogens is 1. The summed E-state index contributed by atoms with van der Waals surface area (Å²) in [7, 11) is 0. The molecular formula is C40H36N2O4S2. The topological polar surface area (TPSA) is 80.7 Å². The van der Waals surface area contributed by atoms with Crippen molar-refractivity contribution in [3.8, 4) is 11.1 Å². The standard InChI is InChI=1S/C40H36N2O4S2/c1-26-35(25-47-40-42-34-15-5-6-16-36(34)48-40)45-39(46-37(26)29-19-17-27(24-43)18-20-29)33-14-8-13-32(22-33)31-12-7-9-28(21-31)23-41-38(44)30-10-3-2-4-11-30/h2-22,26,35,37,39,43H,23-25H2,1H3,(H,41,44)/t26-,35+,37+,39+/m1/s1. The molecule has 1 aliphatic heterocycles. The number of aliphatic hydroxyl groups excluding tert-OH is 1. The summed E-state index contributed by atoms with van der Waals surface area (Å²) in [6, 6.07) is 42.0. The Hall–Kier alpha value is -4.31. The zero-order valence-electron chi connectivity index (χ0n) is 26.5. The van der Waals surface area contributed by atoms with Crippen molar-refractivity contribution in [1.82, 2.24) is 10.3 Å². The van der Waals surface area contributed by atoms with Gasteiger partial charge >= 0.3 is 0 Å². The molecule has 0 unspecified atom stereocenters. The van der Waals surface area contributed by atoms with Gasteiger partial charge in [0.2, 0.25) is 0 Å². The highest BCUT2D eigenvalue weighted by molar-refractivity contribution is 8.01. The van der Waals surface area contributed by atoms with Crippen molar-refractivity contribution in [1.29, 1.82) is 0 Å². The Kier molecular flexibility index (Phi) is 9.98. The highest BCUT2D eigenvalue weighted by atomic mass is 32.2. The number of benzene rings is 5. The predicted molar refractivity (Wildman–Crippen MR) is 193 cm³/mol. The number of hydrogen-bond donors (Lipinski definition) is 2. The third-order valence-corrected chi connectivity index (χ3v) is 10.9. The first-order valence-electron chi connectivity index (χ1n) is 16.1. The molecule has 0 saturated carbocycles. The van der Waals surface area contributed by atoms with E-state index in [9.17, 15) is 9.90 Å². The number of thioether (sulfide) groups is 1. The van der Waals surface area contributed by atoms with Gasteiger partial charge in [0.05, 0.1) is 29.0 Å². The van der Waals surface area contributed by atoms with Gasteiger partial charge in [-0.3, -0.25) is 4.79 Å². The van der Waals surface area contributed by atoms with Gasteiger partial charge in [-0.25, -0.2) is 4.98 Å². The second kappa shape index (κ2) is 14.8. The maximum Gasteiger partial charge on any atom is 0.251 e. The molecule has 6 aromatic rings. The zero-order chi connectivity index (χ0) is 32.9. The van der Waals surface area contributed by atoms with E-state index >= 15 is 0 Å².